The van der Waals surface area contributed by atoms with E-state index in [-0.39, 0.29) is 23.1 Å². The zero-order valence-electron chi connectivity index (χ0n) is 43.7. The molecule has 0 spiro atoms. The maximum Gasteiger partial charge on any atom is 0.333 e. The van der Waals surface area contributed by atoms with Crippen molar-refractivity contribution in [2.24, 2.45) is 29.6 Å². The van der Waals surface area contributed by atoms with Gasteiger partial charge in [-0.2, -0.15) is 0 Å². The van der Waals surface area contributed by atoms with Gasteiger partial charge in [0.15, 0.2) is 0 Å². The van der Waals surface area contributed by atoms with Crippen molar-refractivity contribution in [3.63, 3.8) is 0 Å². The lowest BCUT2D eigenvalue weighted by atomic mass is 9.42. The van der Waals surface area contributed by atoms with Gasteiger partial charge >= 0.3 is 6.85 Å². The standard InChI is InChI=1S/C71H63BN2O/c1-4-70(36-41-18-19-42(26-41)37-70)48-22-25-61-53(30-48)58-31-49(71-38-43-27-44(39-71)29-45(28-43)40-71)32-60-67(58)73(61)68-65-56(51-14-8-10-16-59(51)69(65,2)3)33-57-54-35-64-55(52-15-9-11-17-63(52)75-64)34-62(54)74(72(60)66(57)68)50-23-20-47(21-24-50)46-12-6-5-7-13-46/h5-17,20-25,30-35,41-45H,4,18-19,26-29,36-40H2,1-3H3. The van der Waals surface area contributed by atoms with Crippen molar-refractivity contribution >= 4 is 72.9 Å². The number of anilines is 2. The summed E-state index contributed by atoms with van der Waals surface area (Å²) in [5.41, 5.74) is 25.7. The first-order valence-corrected chi connectivity index (χ1v) is 29.1. The Balaban J connectivity index is 0.993. The fraction of sp³-hybridized carbons (Fsp3) is 0.324. The summed E-state index contributed by atoms with van der Waals surface area (Å²) in [5, 5.41) is 5.31. The Morgan fingerprint density at radius 1 is 0.547 bits per heavy atom. The largest absolute Gasteiger partial charge is 0.456 e. The number of rotatable bonds is 5. The Bertz CT molecular complexity index is 4090. The molecule has 7 aliphatic carbocycles. The van der Waals surface area contributed by atoms with E-state index in [9.17, 15) is 0 Å². The highest BCUT2D eigenvalue weighted by atomic mass is 16.3. The van der Waals surface area contributed by atoms with Crippen LogP contribution in [0.2, 0.25) is 0 Å². The van der Waals surface area contributed by atoms with Crippen LogP contribution in [0.1, 0.15) is 120 Å². The predicted octanol–water partition coefficient (Wildman–Crippen LogP) is 17.2. The van der Waals surface area contributed by atoms with Gasteiger partial charge in [0.05, 0.1) is 11.0 Å². The molecule has 0 saturated heterocycles. The number of hydrogen-bond acceptors (Lipinski definition) is 2. The minimum atomic E-state index is -0.237. The van der Waals surface area contributed by atoms with Gasteiger partial charge in [0.2, 0.25) is 0 Å². The molecule has 6 saturated carbocycles. The van der Waals surface area contributed by atoms with Crippen LogP contribution in [-0.2, 0) is 16.2 Å². The van der Waals surface area contributed by atoms with Crippen molar-refractivity contribution in [3.05, 3.63) is 174 Å². The smallest absolute Gasteiger partial charge is 0.333 e. The van der Waals surface area contributed by atoms with Crippen LogP contribution in [-0.4, -0.2) is 11.4 Å². The number of benzene rings is 8. The summed E-state index contributed by atoms with van der Waals surface area (Å²) in [6, 6.07) is 59.7. The summed E-state index contributed by atoms with van der Waals surface area (Å²) in [5.74, 6) is 4.30. The van der Waals surface area contributed by atoms with E-state index in [1.54, 1.807) is 11.1 Å². The SMILES string of the molecule is CCC1(c2ccc3c(c2)c2cc(C45CC6CC(CC(C6)C4)C5)cc4c2n3-c2c3c(cc5c2C(C)(C)c2ccccc2-5)-c2cc5oc6ccccc6c5cc2N(c2ccc(-c5ccccc5)cc2)B34)CC2CCC(C2)C1. The average Bonchev–Trinajstić information content (AvgIpc) is 4.36. The summed E-state index contributed by atoms with van der Waals surface area (Å²) in [6.07, 6.45) is 16.6. The van der Waals surface area contributed by atoms with Gasteiger partial charge in [0.25, 0.3) is 0 Å². The van der Waals surface area contributed by atoms with E-state index >= 15 is 0 Å². The molecule has 2 aliphatic heterocycles. The highest BCUT2D eigenvalue weighted by Gasteiger charge is 2.54. The lowest BCUT2D eigenvalue weighted by molar-refractivity contribution is -0.00509. The van der Waals surface area contributed by atoms with Crippen LogP contribution >= 0.6 is 0 Å². The van der Waals surface area contributed by atoms with Gasteiger partial charge < -0.3 is 13.8 Å². The molecule has 19 rings (SSSR count). The quantitative estimate of drug-likeness (QED) is 0.160. The first kappa shape index (κ1) is 42.4. The maximum atomic E-state index is 6.87. The van der Waals surface area contributed by atoms with Crippen molar-refractivity contribution in [1.29, 1.82) is 0 Å². The van der Waals surface area contributed by atoms with Crippen LogP contribution in [0.15, 0.2) is 156 Å². The second-order valence-electron chi connectivity index (χ2n) is 26.2. The minimum Gasteiger partial charge on any atom is -0.456 e. The van der Waals surface area contributed by atoms with E-state index in [1.807, 2.05) is 0 Å². The molecule has 3 nitrogen and oxygen atoms in total. The summed E-state index contributed by atoms with van der Waals surface area (Å²) in [4.78, 5) is 2.80. The van der Waals surface area contributed by atoms with Crippen LogP contribution in [0.25, 0.3) is 82.8 Å². The molecule has 4 heterocycles. The van der Waals surface area contributed by atoms with Crippen molar-refractivity contribution in [1.82, 2.24) is 4.57 Å². The molecule has 2 aromatic heterocycles. The van der Waals surface area contributed by atoms with E-state index in [4.69, 9.17) is 4.42 Å². The Hall–Kier alpha value is -6.78. The van der Waals surface area contributed by atoms with E-state index in [1.165, 1.54) is 182 Å². The number of furan rings is 1. The normalized spacial score (nSPS) is 26.9. The molecular weight excluding hydrogens is 908 g/mol. The fourth-order valence-corrected chi connectivity index (χ4v) is 19.3. The molecule has 0 radical (unpaired) electrons. The first-order chi connectivity index (χ1) is 36.7. The summed E-state index contributed by atoms with van der Waals surface area (Å²) in [7, 11) is 0. The number of aromatic nitrogens is 1. The van der Waals surface area contributed by atoms with Gasteiger partial charge in [-0.3, -0.25) is 0 Å². The lowest BCUT2D eigenvalue weighted by Gasteiger charge is -2.57. The lowest BCUT2D eigenvalue weighted by Crippen LogP contribution is -2.61. The van der Waals surface area contributed by atoms with Crippen LogP contribution in [0.5, 0.6) is 0 Å². The molecule has 9 aliphatic rings. The van der Waals surface area contributed by atoms with Gasteiger partial charge in [-0.05, 0) is 220 Å². The number of nitrogens with zero attached hydrogens (tertiary/aromatic N) is 2. The van der Waals surface area contributed by atoms with Gasteiger partial charge in [-0.25, -0.2) is 0 Å². The Morgan fingerprint density at radius 2 is 1.24 bits per heavy atom. The molecule has 2 unspecified atom stereocenters. The molecule has 2 atom stereocenters. The molecule has 0 amide bonds. The third-order valence-corrected chi connectivity index (χ3v) is 22.0. The number of para-hydroxylation sites is 1. The zero-order valence-corrected chi connectivity index (χ0v) is 43.7. The third-order valence-electron chi connectivity index (χ3n) is 22.0. The van der Waals surface area contributed by atoms with Crippen LogP contribution in [0.4, 0.5) is 11.4 Å². The van der Waals surface area contributed by atoms with Crippen LogP contribution in [0.3, 0.4) is 0 Å². The van der Waals surface area contributed by atoms with Crippen LogP contribution < -0.4 is 15.7 Å². The molecule has 6 fully saturated rings. The van der Waals surface area contributed by atoms with Crippen molar-refractivity contribution in [2.45, 2.75) is 114 Å². The molecule has 6 bridgehead atoms. The molecule has 0 N–H and O–H groups in total. The average molecular weight is 971 g/mol. The molecule has 4 heteroatoms. The van der Waals surface area contributed by atoms with Crippen molar-refractivity contribution in [2.75, 3.05) is 4.81 Å². The second-order valence-corrected chi connectivity index (χ2v) is 26.2. The van der Waals surface area contributed by atoms with E-state index in [0.717, 1.165) is 40.8 Å². The Morgan fingerprint density at radius 3 is 2.01 bits per heavy atom. The maximum absolute atomic E-state index is 6.87. The number of fused-ring (bicyclic) bond motifs is 16. The molecule has 8 aromatic carbocycles. The summed E-state index contributed by atoms with van der Waals surface area (Å²) in [6.45, 7) is 7.46. The Kier molecular flexibility index (Phi) is 8.25. The van der Waals surface area contributed by atoms with Crippen molar-refractivity contribution < 1.29 is 4.42 Å². The number of hydrogen-bond donors (Lipinski definition) is 0. The van der Waals surface area contributed by atoms with Crippen LogP contribution in [0, 0.1) is 29.6 Å². The molecular formula is C71H63BN2O. The minimum absolute atomic E-state index is 0.0749. The van der Waals surface area contributed by atoms with Gasteiger partial charge in [-0.1, -0.05) is 131 Å². The van der Waals surface area contributed by atoms with E-state index in [2.05, 4.69) is 182 Å². The highest BCUT2D eigenvalue weighted by molar-refractivity contribution is 6.93. The highest BCUT2D eigenvalue weighted by Crippen LogP contribution is 2.62. The second kappa shape index (κ2) is 14.6. The molecule has 366 valence electrons. The fourth-order valence-electron chi connectivity index (χ4n) is 19.3. The zero-order chi connectivity index (χ0) is 49.3. The first-order valence-electron chi connectivity index (χ1n) is 29.1. The van der Waals surface area contributed by atoms with Gasteiger partial charge in [-0.15, -0.1) is 0 Å². The summed E-state index contributed by atoms with van der Waals surface area (Å²) < 4.78 is 9.72. The molecule has 75 heavy (non-hydrogen) atoms. The predicted molar refractivity (Wildman–Crippen MR) is 312 cm³/mol. The van der Waals surface area contributed by atoms with Crippen molar-refractivity contribution in [3.8, 4) is 39.1 Å². The van der Waals surface area contributed by atoms with E-state index < -0.39 is 0 Å². The Labute approximate surface area is 441 Å². The monoisotopic (exact) mass is 971 g/mol. The summed E-state index contributed by atoms with van der Waals surface area (Å²) >= 11 is 0. The third kappa shape index (κ3) is 5.54. The van der Waals surface area contributed by atoms with Gasteiger partial charge in [0, 0.05) is 49.6 Å². The molecule has 10 aromatic rings. The van der Waals surface area contributed by atoms with Gasteiger partial charge in [0.1, 0.15) is 11.2 Å². The van der Waals surface area contributed by atoms with E-state index in [0.29, 0.717) is 0 Å². The topological polar surface area (TPSA) is 21.3 Å².